The summed E-state index contributed by atoms with van der Waals surface area (Å²) in [4.78, 5) is 14.1. The monoisotopic (exact) mass is 293 g/mol. The Morgan fingerprint density at radius 2 is 2.10 bits per heavy atom. The summed E-state index contributed by atoms with van der Waals surface area (Å²) in [7, 11) is 1.79. The second-order valence-corrected chi connectivity index (χ2v) is 6.10. The third kappa shape index (κ3) is 3.25. The van der Waals surface area contributed by atoms with Crippen LogP contribution in [0.3, 0.4) is 0 Å². The van der Waals surface area contributed by atoms with Gasteiger partial charge in [-0.25, -0.2) is 0 Å². The zero-order valence-corrected chi connectivity index (χ0v) is 12.3. The number of nitrogens with zero attached hydrogens (tertiary/aromatic N) is 2. The number of benzene rings is 1. The van der Waals surface area contributed by atoms with Crippen molar-refractivity contribution in [2.24, 2.45) is 10.9 Å². The molecule has 1 aromatic carbocycles. The lowest BCUT2D eigenvalue weighted by atomic mass is 10.1. The van der Waals surface area contributed by atoms with E-state index in [1.165, 1.54) is 6.42 Å². The fourth-order valence-electron chi connectivity index (χ4n) is 2.19. The highest BCUT2D eigenvalue weighted by molar-refractivity contribution is 8.00. The van der Waals surface area contributed by atoms with Crippen LogP contribution in [-0.2, 0) is 4.79 Å². The Labute approximate surface area is 122 Å². The molecule has 0 aromatic heterocycles. The quantitative estimate of drug-likeness (QED) is 0.387. The number of hydrogen-bond acceptors (Lipinski definition) is 4. The first-order valence-electron chi connectivity index (χ1n) is 6.60. The van der Waals surface area contributed by atoms with Crippen molar-refractivity contribution in [1.29, 1.82) is 0 Å². The number of carbonyl (C=O) groups is 1. The van der Waals surface area contributed by atoms with E-state index in [9.17, 15) is 4.79 Å². The first-order valence-corrected chi connectivity index (χ1v) is 7.65. The molecular weight excluding hydrogens is 274 g/mol. The van der Waals surface area contributed by atoms with E-state index in [4.69, 9.17) is 10.9 Å². The van der Waals surface area contributed by atoms with Gasteiger partial charge in [-0.05, 0) is 42.9 Å². The number of rotatable bonds is 3. The number of amidine groups is 1. The molecule has 1 aliphatic heterocycles. The minimum atomic E-state index is 0.0633. The Bertz CT molecular complexity index is 496. The smallest absolute Gasteiger partial charge is 0.239 e. The Morgan fingerprint density at radius 3 is 2.65 bits per heavy atom. The van der Waals surface area contributed by atoms with Crippen LogP contribution in [0, 0.1) is 0 Å². The summed E-state index contributed by atoms with van der Waals surface area (Å²) in [6.45, 7) is 0. The highest BCUT2D eigenvalue weighted by atomic mass is 32.2. The second-order valence-electron chi connectivity index (χ2n) is 4.78. The largest absolute Gasteiger partial charge is 0.409 e. The molecule has 6 heteroatoms. The Hall–Kier alpha value is -1.69. The number of amides is 1. The van der Waals surface area contributed by atoms with Gasteiger partial charge in [0, 0.05) is 18.3 Å². The molecule has 0 saturated carbocycles. The van der Waals surface area contributed by atoms with Gasteiger partial charge in [0.25, 0.3) is 0 Å². The second kappa shape index (κ2) is 6.65. The van der Waals surface area contributed by atoms with Crippen molar-refractivity contribution in [3.8, 4) is 0 Å². The lowest BCUT2D eigenvalue weighted by molar-refractivity contribution is -0.118. The van der Waals surface area contributed by atoms with Gasteiger partial charge in [0.05, 0.1) is 5.25 Å². The molecule has 108 valence electrons. The third-order valence-electron chi connectivity index (χ3n) is 3.44. The van der Waals surface area contributed by atoms with Crippen LogP contribution in [-0.4, -0.2) is 35.0 Å². The van der Waals surface area contributed by atoms with Gasteiger partial charge in [0.2, 0.25) is 5.91 Å². The van der Waals surface area contributed by atoms with Crippen LogP contribution in [0.1, 0.15) is 24.8 Å². The summed E-state index contributed by atoms with van der Waals surface area (Å²) < 4.78 is 0. The summed E-state index contributed by atoms with van der Waals surface area (Å²) in [6.07, 6.45) is 3.28. The molecule has 1 aliphatic rings. The molecule has 1 fully saturated rings. The van der Waals surface area contributed by atoms with Crippen LogP contribution < -0.4 is 10.6 Å². The average molecular weight is 293 g/mol. The van der Waals surface area contributed by atoms with E-state index >= 15 is 0 Å². The number of hydrogen-bond donors (Lipinski definition) is 2. The van der Waals surface area contributed by atoms with Crippen molar-refractivity contribution < 1.29 is 10.0 Å². The minimum absolute atomic E-state index is 0.0633. The summed E-state index contributed by atoms with van der Waals surface area (Å²) in [5.74, 6) is 1.27. The zero-order valence-electron chi connectivity index (χ0n) is 11.5. The third-order valence-corrected chi connectivity index (χ3v) is 4.81. The molecule has 0 aliphatic carbocycles. The maximum atomic E-state index is 12.4. The standard InChI is InChI=1S/C14H19N3O2S/c1-17(14(18)12-4-2-3-9-20-12)11-7-5-10(6-8-11)13(15)16-19/h5-8,12,19H,2-4,9H2,1H3,(H2,15,16). The van der Waals surface area contributed by atoms with E-state index in [0.717, 1.165) is 24.3 Å². The van der Waals surface area contributed by atoms with Crippen molar-refractivity contribution in [3.05, 3.63) is 29.8 Å². The van der Waals surface area contributed by atoms with Crippen LogP contribution in [0.2, 0.25) is 0 Å². The van der Waals surface area contributed by atoms with Crippen molar-refractivity contribution in [3.63, 3.8) is 0 Å². The summed E-state index contributed by atoms with van der Waals surface area (Å²) in [5.41, 5.74) is 6.96. The topological polar surface area (TPSA) is 78.9 Å². The van der Waals surface area contributed by atoms with Crippen LogP contribution in [0.25, 0.3) is 0 Å². The number of oxime groups is 1. The molecule has 3 N–H and O–H groups in total. The van der Waals surface area contributed by atoms with E-state index in [2.05, 4.69) is 5.16 Å². The van der Waals surface area contributed by atoms with Gasteiger partial charge in [0.15, 0.2) is 5.84 Å². The predicted molar refractivity (Wildman–Crippen MR) is 82.5 cm³/mol. The summed E-state index contributed by atoms with van der Waals surface area (Å²) >= 11 is 1.74. The van der Waals surface area contributed by atoms with Crippen molar-refractivity contribution in [2.75, 3.05) is 17.7 Å². The fourth-order valence-corrected chi connectivity index (χ4v) is 3.48. The predicted octanol–water partition coefficient (Wildman–Crippen LogP) is 2.03. The molecule has 1 atom stereocenters. The molecule has 5 nitrogen and oxygen atoms in total. The van der Waals surface area contributed by atoms with Crippen LogP contribution in [0.15, 0.2) is 29.4 Å². The molecule has 0 radical (unpaired) electrons. The SMILES string of the molecule is CN(C(=O)C1CCCCS1)c1ccc(/C(N)=N/O)cc1. The van der Waals surface area contributed by atoms with Crippen molar-refractivity contribution >= 4 is 29.2 Å². The first kappa shape index (κ1) is 14.7. The maximum Gasteiger partial charge on any atom is 0.239 e. The van der Waals surface area contributed by atoms with E-state index in [-0.39, 0.29) is 17.0 Å². The zero-order chi connectivity index (χ0) is 14.5. The highest BCUT2D eigenvalue weighted by Crippen LogP contribution is 2.28. The number of anilines is 1. The summed E-state index contributed by atoms with van der Waals surface area (Å²) in [6, 6.07) is 7.09. The van der Waals surface area contributed by atoms with Gasteiger partial charge in [-0.3, -0.25) is 4.79 Å². The molecule has 0 bridgehead atoms. The van der Waals surface area contributed by atoms with Gasteiger partial charge in [-0.2, -0.15) is 0 Å². The molecule has 1 aromatic rings. The molecule has 1 saturated heterocycles. The fraction of sp³-hybridized carbons (Fsp3) is 0.429. The highest BCUT2D eigenvalue weighted by Gasteiger charge is 2.25. The minimum Gasteiger partial charge on any atom is -0.409 e. The van der Waals surface area contributed by atoms with Gasteiger partial charge in [-0.1, -0.05) is 11.6 Å². The van der Waals surface area contributed by atoms with E-state index in [0.29, 0.717) is 5.56 Å². The maximum absolute atomic E-state index is 12.4. The molecule has 1 heterocycles. The van der Waals surface area contributed by atoms with Gasteiger partial charge >= 0.3 is 0 Å². The average Bonchev–Trinajstić information content (AvgIpc) is 2.53. The Morgan fingerprint density at radius 1 is 1.40 bits per heavy atom. The Kier molecular flexibility index (Phi) is 4.89. The molecule has 20 heavy (non-hydrogen) atoms. The number of carbonyl (C=O) groups excluding carboxylic acids is 1. The molecule has 2 rings (SSSR count). The van der Waals surface area contributed by atoms with Crippen molar-refractivity contribution in [2.45, 2.75) is 24.5 Å². The lowest BCUT2D eigenvalue weighted by Crippen LogP contribution is -2.36. The van der Waals surface area contributed by atoms with Crippen molar-refractivity contribution in [1.82, 2.24) is 0 Å². The van der Waals surface area contributed by atoms with E-state index < -0.39 is 0 Å². The molecule has 1 amide bonds. The first-order chi connectivity index (χ1) is 9.63. The molecular formula is C14H19N3O2S. The normalized spacial score (nSPS) is 19.6. The van der Waals surface area contributed by atoms with E-state index in [1.54, 1.807) is 48.0 Å². The number of thioether (sulfide) groups is 1. The summed E-state index contributed by atoms with van der Waals surface area (Å²) in [5, 5.41) is 11.6. The molecule has 0 spiro atoms. The van der Waals surface area contributed by atoms with Crippen LogP contribution >= 0.6 is 11.8 Å². The Balaban J connectivity index is 2.08. The van der Waals surface area contributed by atoms with Crippen LogP contribution in [0.5, 0.6) is 0 Å². The van der Waals surface area contributed by atoms with Gasteiger partial charge in [0.1, 0.15) is 0 Å². The lowest BCUT2D eigenvalue weighted by Gasteiger charge is -2.26. The van der Waals surface area contributed by atoms with Crippen LogP contribution in [0.4, 0.5) is 5.69 Å². The number of nitrogens with two attached hydrogens (primary N) is 1. The molecule has 1 unspecified atom stereocenters. The van der Waals surface area contributed by atoms with Gasteiger partial charge < -0.3 is 15.8 Å². The van der Waals surface area contributed by atoms with Gasteiger partial charge in [-0.15, -0.1) is 11.8 Å². The van der Waals surface area contributed by atoms with E-state index in [1.807, 2.05) is 0 Å².